The molecule has 1 heterocycles. The van der Waals surface area contributed by atoms with Gasteiger partial charge in [-0.2, -0.15) is 0 Å². The summed E-state index contributed by atoms with van der Waals surface area (Å²) in [5.41, 5.74) is 2.43. The third-order valence-electron chi connectivity index (χ3n) is 4.04. The smallest absolute Gasteiger partial charge is 0.123 e. The molecule has 0 bridgehead atoms. The molecule has 1 aromatic carbocycles. The van der Waals surface area contributed by atoms with E-state index in [1.165, 1.54) is 11.1 Å². The molecule has 2 unspecified atom stereocenters. The van der Waals surface area contributed by atoms with Crippen LogP contribution in [0.15, 0.2) is 18.2 Å². The summed E-state index contributed by atoms with van der Waals surface area (Å²) in [6, 6.07) is 7.19. The molecule has 112 valence electrons. The Kier molecular flexibility index (Phi) is 4.71. The zero-order chi connectivity index (χ0) is 14.8. The molecule has 0 saturated carbocycles. The second-order valence-electron chi connectivity index (χ2n) is 6.43. The van der Waals surface area contributed by atoms with Crippen LogP contribution in [0.1, 0.15) is 50.8 Å². The average molecular weight is 277 g/mol. The minimum absolute atomic E-state index is 0.0208. The van der Waals surface area contributed by atoms with Crippen molar-refractivity contribution in [1.29, 1.82) is 0 Å². The topological polar surface area (TPSA) is 30.5 Å². The summed E-state index contributed by atoms with van der Waals surface area (Å²) < 4.78 is 11.3. The molecule has 0 amide bonds. The Morgan fingerprint density at radius 2 is 2.15 bits per heavy atom. The first-order valence-corrected chi connectivity index (χ1v) is 7.46. The number of aryl methyl sites for hydroxylation is 1. The Morgan fingerprint density at radius 1 is 1.40 bits per heavy atom. The predicted molar refractivity (Wildman–Crippen MR) is 82.3 cm³/mol. The molecule has 1 fully saturated rings. The fourth-order valence-electron chi connectivity index (χ4n) is 2.99. The van der Waals surface area contributed by atoms with Crippen LogP contribution in [-0.4, -0.2) is 25.4 Å². The predicted octanol–water partition coefficient (Wildman–Crippen LogP) is 3.61. The average Bonchev–Trinajstić information content (AvgIpc) is 2.37. The molecular formula is C17H27NO2. The van der Waals surface area contributed by atoms with Gasteiger partial charge in [0, 0.05) is 24.3 Å². The summed E-state index contributed by atoms with van der Waals surface area (Å²) in [5.74, 6) is 0.969. The van der Waals surface area contributed by atoms with Gasteiger partial charge in [0.25, 0.3) is 0 Å². The van der Waals surface area contributed by atoms with E-state index < -0.39 is 0 Å². The normalized spacial score (nSPS) is 23.4. The molecule has 1 aliphatic heterocycles. The number of ether oxygens (including phenoxy) is 2. The molecule has 1 saturated heterocycles. The summed E-state index contributed by atoms with van der Waals surface area (Å²) >= 11 is 0. The first-order valence-electron chi connectivity index (χ1n) is 7.46. The molecule has 1 N–H and O–H groups in total. The SMILES string of the molecule is COc1cc(C)ccc1C(C)NC1CCOC(C)(C)C1. The van der Waals surface area contributed by atoms with Crippen molar-refractivity contribution in [2.45, 2.75) is 58.2 Å². The lowest BCUT2D eigenvalue weighted by atomic mass is 9.92. The van der Waals surface area contributed by atoms with E-state index in [9.17, 15) is 0 Å². The quantitative estimate of drug-likeness (QED) is 0.912. The van der Waals surface area contributed by atoms with Crippen molar-refractivity contribution in [2.75, 3.05) is 13.7 Å². The molecule has 3 heteroatoms. The summed E-state index contributed by atoms with van der Waals surface area (Å²) in [6.45, 7) is 9.46. The number of hydrogen-bond acceptors (Lipinski definition) is 3. The Balaban J connectivity index is 2.06. The van der Waals surface area contributed by atoms with Crippen molar-refractivity contribution in [1.82, 2.24) is 5.32 Å². The molecule has 1 aliphatic rings. The Hall–Kier alpha value is -1.06. The molecule has 3 nitrogen and oxygen atoms in total. The van der Waals surface area contributed by atoms with Gasteiger partial charge in [0.1, 0.15) is 5.75 Å². The number of nitrogens with one attached hydrogen (secondary N) is 1. The largest absolute Gasteiger partial charge is 0.496 e. The van der Waals surface area contributed by atoms with E-state index in [4.69, 9.17) is 9.47 Å². The lowest BCUT2D eigenvalue weighted by Gasteiger charge is -2.37. The maximum absolute atomic E-state index is 5.78. The Bertz CT molecular complexity index is 456. The van der Waals surface area contributed by atoms with E-state index in [2.05, 4.69) is 51.2 Å². The summed E-state index contributed by atoms with van der Waals surface area (Å²) in [5, 5.41) is 3.72. The third-order valence-corrected chi connectivity index (χ3v) is 4.04. The van der Waals surface area contributed by atoms with Crippen LogP contribution in [0.2, 0.25) is 0 Å². The van der Waals surface area contributed by atoms with Gasteiger partial charge in [0.05, 0.1) is 12.7 Å². The van der Waals surface area contributed by atoms with E-state index >= 15 is 0 Å². The van der Waals surface area contributed by atoms with Crippen LogP contribution in [0.5, 0.6) is 5.75 Å². The van der Waals surface area contributed by atoms with Crippen LogP contribution >= 0.6 is 0 Å². The molecule has 20 heavy (non-hydrogen) atoms. The highest BCUT2D eigenvalue weighted by molar-refractivity contribution is 5.39. The van der Waals surface area contributed by atoms with Crippen LogP contribution < -0.4 is 10.1 Å². The zero-order valence-corrected chi connectivity index (χ0v) is 13.3. The molecule has 1 aromatic rings. The molecule has 0 aromatic heterocycles. The van der Waals surface area contributed by atoms with Crippen molar-refractivity contribution in [3.05, 3.63) is 29.3 Å². The highest BCUT2D eigenvalue weighted by Gasteiger charge is 2.29. The standard InChI is InChI=1S/C17H27NO2/c1-12-6-7-15(16(10-12)19-5)13(2)18-14-8-9-20-17(3,4)11-14/h6-7,10,13-14,18H,8-9,11H2,1-5H3. The van der Waals surface area contributed by atoms with Crippen molar-refractivity contribution >= 4 is 0 Å². The van der Waals surface area contributed by atoms with Gasteiger partial charge in [0.15, 0.2) is 0 Å². The van der Waals surface area contributed by atoms with Gasteiger partial charge < -0.3 is 14.8 Å². The number of benzene rings is 1. The van der Waals surface area contributed by atoms with Gasteiger partial charge in [-0.25, -0.2) is 0 Å². The maximum atomic E-state index is 5.78. The number of hydrogen-bond donors (Lipinski definition) is 1. The molecule has 0 radical (unpaired) electrons. The van der Waals surface area contributed by atoms with Gasteiger partial charge in [-0.15, -0.1) is 0 Å². The second kappa shape index (κ2) is 6.15. The summed E-state index contributed by atoms with van der Waals surface area (Å²) in [6.07, 6.45) is 2.12. The number of rotatable bonds is 4. The van der Waals surface area contributed by atoms with Crippen LogP contribution in [0, 0.1) is 6.92 Å². The molecule has 2 rings (SSSR count). The third kappa shape index (κ3) is 3.74. The molecule has 0 spiro atoms. The van der Waals surface area contributed by atoms with Crippen molar-refractivity contribution in [3.8, 4) is 5.75 Å². The summed E-state index contributed by atoms with van der Waals surface area (Å²) in [4.78, 5) is 0. The maximum Gasteiger partial charge on any atom is 0.123 e. The van der Waals surface area contributed by atoms with Gasteiger partial charge in [0.2, 0.25) is 0 Å². The lowest BCUT2D eigenvalue weighted by Crippen LogP contribution is -2.44. The highest BCUT2D eigenvalue weighted by atomic mass is 16.5. The van der Waals surface area contributed by atoms with Gasteiger partial charge in [-0.05, 0) is 52.2 Å². The lowest BCUT2D eigenvalue weighted by molar-refractivity contribution is -0.0640. The van der Waals surface area contributed by atoms with Crippen LogP contribution in [-0.2, 0) is 4.74 Å². The Morgan fingerprint density at radius 3 is 2.80 bits per heavy atom. The van der Waals surface area contributed by atoms with Gasteiger partial charge in [-0.1, -0.05) is 12.1 Å². The Labute approximate surface area is 122 Å². The van der Waals surface area contributed by atoms with E-state index in [0.29, 0.717) is 6.04 Å². The van der Waals surface area contributed by atoms with Crippen molar-refractivity contribution < 1.29 is 9.47 Å². The fourth-order valence-corrected chi connectivity index (χ4v) is 2.99. The minimum atomic E-state index is -0.0208. The van der Waals surface area contributed by atoms with Crippen molar-refractivity contribution in [2.24, 2.45) is 0 Å². The minimum Gasteiger partial charge on any atom is -0.496 e. The van der Waals surface area contributed by atoms with Crippen LogP contribution in [0.25, 0.3) is 0 Å². The first kappa shape index (κ1) is 15.3. The summed E-state index contributed by atoms with van der Waals surface area (Å²) in [7, 11) is 1.74. The van der Waals surface area contributed by atoms with E-state index in [-0.39, 0.29) is 11.6 Å². The van der Waals surface area contributed by atoms with E-state index in [0.717, 1.165) is 25.2 Å². The van der Waals surface area contributed by atoms with Gasteiger partial charge >= 0.3 is 0 Å². The van der Waals surface area contributed by atoms with Crippen molar-refractivity contribution in [3.63, 3.8) is 0 Å². The zero-order valence-electron chi connectivity index (χ0n) is 13.3. The fraction of sp³-hybridized carbons (Fsp3) is 0.647. The number of methoxy groups -OCH3 is 1. The van der Waals surface area contributed by atoms with E-state index in [1.54, 1.807) is 7.11 Å². The monoisotopic (exact) mass is 277 g/mol. The van der Waals surface area contributed by atoms with E-state index in [1.807, 2.05) is 0 Å². The molecular weight excluding hydrogens is 250 g/mol. The molecule has 0 aliphatic carbocycles. The van der Waals surface area contributed by atoms with Gasteiger partial charge in [-0.3, -0.25) is 0 Å². The highest BCUT2D eigenvalue weighted by Crippen LogP contribution is 2.29. The first-order chi connectivity index (χ1) is 9.41. The van der Waals surface area contributed by atoms with Crippen LogP contribution in [0.4, 0.5) is 0 Å². The second-order valence-corrected chi connectivity index (χ2v) is 6.43. The molecule has 2 atom stereocenters. The van der Waals surface area contributed by atoms with Crippen LogP contribution in [0.3, 0.4) is 0 Å².